The molecule has 0 saturated carbocycles. The summed E-state index contributed by atoms with van der Waals surface area (Å²) in [6, 6.07) is 17.0. The van der Waals surface area contributed by atoms with Crippen LogP contribution < -0.4 is 0 Å². The molecule has 0 aromatic heterocycles. The zero-order valence-corrected chi connectivity index (χ0v) is 13.7. The van der Waals surface area contributed by atoms with Crippen LogP contribution in [0.15, 0.2) is 54.6 Å². The summed E-state index contributed by atoms with van der Waals surface area (Å²) in [6.45, 7) is 1.97. The van der Waals surface area contributed by atoms with Crippen molar-refractivity contribution in [3.8, 4) is 0 Å². The van der Waals surface area contributed by atoms with Crippen molar-refractivity contribution in [3.05, 3.63) is 70.7 Å². The highest BCUT2D eigenvalue weighted by atomic mass is 35.5. The summed E-state index contributed by atoms with van der Waals surface area (Å²) in [7, 11) is 0. The van der Waals surface area contributed by atoms with Crippen molar-refractivity contribution in [2.45, 2.75) is 25.5 Å². The average Bonchev–Trinajstić information content (AvgIpc) is 3.09. The van der Waals surface area contributed by atoms with Crippen LogP contribution in [0.2, 0.25) is 5.02 Å². The molecule has 0 aliphatic carbocycles. The molecule has 3 nitrogen and oxygen atoms in total. The van der Waals surface area contributed by atoms with Gasteiger partial charge in [0.2, 0.25) is 0 Å². The molecule has 0 spiro atoms. The molecule has 0 radical (unpaired) electrons. The fourth-order valence-electron chi connectivity index (χ4n) is 2.83. The lowest BCUT2D eigenvalue weighted by Crippen LogP contribution is -2.36. The minimum absolute atomic E-state index is 0.0380. The summed E-state index contributed by atoms with van der Waals surface area (Å²) >= 11 is 5.94. The number of ether oxygens (including phenoxy) is 1. The van der Waals surface area contributed by atoms with Gasteiger partial charge in [-0.05, 0) is 42.7 Å². The number of hydrogen-bond donors (Lipinski definition) is 0. The highest BCUT2D eigenvalue weighted by molar-refractivity contribution is 6.30. The Bertz CT molecular complexity index is 636. The lowest BCUT2D eigenvalue weighted by atomic mass is 10.1. The summed E-state index contributed by atoms with van der Waals surface area (Å²) in [5.74, 6) is 0.0380. The molecule has 1 heterocycles. The van der Waals surface area contributed by atoms with Gasteiger partial charge in [0.05, 0.1) is 6.10 Å². The summed E-state index contributed by atoms with van der Waals surface area (Å²) in [4.78, 5) is 14.7. The highest BCUT2D eigenvalue weighted by Gasteiger charge is 2.23. The fourth-order valence-corrected chi connectivity index (χ4v) is 2.95. The van der Waals surface area contributed by atoms with Gasteiger partial charge in [0.1, 0.15) is 0 Å². The molecule has 1 fully saturated rings. The third kappa shape index (κ3) is 4.34. The molecule has 1 amide bonds. The molecule has 1 saturated heterocycles. The Morgan fingerprint density at radius 3 is 2.52 bits per heavy atom. The van der Waals surface area contributed by atoms with Crippen molar-refractivity contribution >= 4 is 17.5 Å². The minimum Gasteiger partial charge on any atom is -0.376 e. The van der Waals surface area contributed by atoms with Gasteiger partial charge in [0.25, 0.3) is 5.91 Å². The van der Waals surface area contributed by atoms with Crippen LogP contribution in [-0.4, -0.2) is 30.1 Å². The first-order chi connectivity index (χ1) is 11.2. The number of carbonyl (C=O) groups excluding carboxylic acids is 1. The SMILES string of the molecule is O=C(c1ccccc1)N(Cc1ccc(Cl)cc1)C[C@@H]1CCCO1. The fraction of sp³-hybridized carbons (Fsp3) is 0.316. The van der Waals surface area contributed by atoms with Crippen molar-refractivity contribution in [1.29, 1.82) is 0 Å². The number of amides is 1. The van der Waals surface area contributed by atoms with Crippen LogP contribution in [0.4, 0.5) is 0 Å². The van der Waals surface area contributed by atoms with Crippen LogP contribution in [0.5, 0.6) is 0 Å². The maximum atomic E-state index is 12.8. The molecule has 23 heavy (non-hydrogen) atoms. The number of rotatable bonds is 5. The van der Waals surface area contributed by atoms with Crippen molar-refractivity contribution in [2.75, 3.05) is 13.2 Å². The van der Waals surface area contributed by atoms with E-state index in [1.54, 1.807) is 0 Å². The van der Waals surface area contributed by atoms with Gasteiger partial charge in [-0.15, -0.1) is 0 Å². The lowest BCUT2D eigenvalue weighted by Gasteiger charge is -2.26. The molecule has 1 aliphatic rings. The highest BCUT2D eigenvalue weighted by Crippen LogP contribution is 2.18. The van der Waals surface area contributed by atoms with E-state index in [2.05, 4.69) is 0 Å². The van der Waals surface area contributed by atoms with Gasteiger partial charge in [-0.2, -0.15) is 0 Å². The second-order valence-corrected chi connectivity index (χ2v) is 6.25. The molecule has 2 aromatic rings. The molecule has 120 valence electrons. The quantitative estimate of drug-likeness (QED) is 0.824. The zero-order chi connectivity index (χ0) is 16.1. The molecule has 3 rings (SSSR count). The first kappa shape index (κ1) is 16.0. The van der Waals surface area contributed by atoms with Gasteiger partial charge in [0.15, 0.2) is 0 Å². The van der Waals surface area contributed by atoms with Crippen molar-refractivity contribution in [3.63, 3.8) is 0 Å². The molecule has 2 aromatic carbocycles. The third-order valence-electron chi connectivity index (χ3n) is 4.04. The van der Waals surface area contributed by atoms with E-state index in [0.717, 1.165) is 25.0 Å². The average molecular weight is 330 g/mol. The second-order valence-electron chi connectivity index (χ2n) is 5.81. The van der Waals surface area contributed by atoms with E-state index in [0.29, 0.717) is 23.7 Å². The van der Waals surface area contributed by atoms with Gasteiger partial charge < -0.3 is 9.64 Å². The molecular weight excluding hydrogens is 310 g/mol. The first-order valence-electron chi connectivity index (χ1n) is 7.93. The Morgan fingerprint density at radius 2 is 1.87 bits per heavy atom. The van der Waals surface area contributed by atoms with Crippen LogP contribution in [-0.2, 0) is 11.3 Å². The molecule has 4 heteroatoms. The Kier molecular flexibility index (Phi) is 5.31. The van der Waals surface area contributed by atoms with Crippen LogP contribution in [0.3, 0.4) is 0 Å². The van der Waals surface area contributed by atoms with Crippen LogP contribution in [0, 0.1) is 0 Å². The van der Waals surface area contributed by atoms with E-state index >= 15 is 0 Å². The number of nitrogens with zero attached hydrogens (tertiary/aromatic N) is 1. The monoisotopic (exact) mass is 329 g/mol. The largest absolute Gasteiger partial charge is 0.376 e. The van der Waals surface area contributed by atoms with E-state index in [1.165, 1.54) is 0 Å². The number of carbonyl (C=O) groups is 1. The van der Waals surface area contributed by atoms with E-state index in [-0.39, 0.29) is 12.0 Å². The van der Waals surface area contributed by atoms with E-state index < -0.39 is 0 Å². The molecular formula is C19H20ClNO2. The first-order valence-corrected chi connectivity index (χ1v) is 8.30. The predicted octanol–water partition coefficient (Wildman–Crippen LogP) is 4.16. The second kappa shape index (κ2) is 7.62. The predicted molar refractivity (Wildman–Crippen MR) is 91.6 cm³/mol. The third-order valence-corrected chi connectivity index (χ3v) is 4.29. The Morgan fingerprint density at radius 1 is 1.13 bits per heavy atom. The van der Waals surface area contributed by atoms with Crippen LogP contribution >= 0.6 is 11.6 Å². The summed E-state index contributed by atoms with van der Waals surface area (Å²) in [5.41, 5.74) is 1.77. The Hall–Kier alpha value is -1.84. The van der Waals surface area contributed by atoms with Gasteiger partial charge in [-0.1, -0.05) is 41.9 Å². The number of hydrogen-bond acceptors (Lipinski definition) is 2. The number of halogens is 1. The standard InChI is InChI=1S/C19H20ClNO2/c20-17-10-8-15(9-11-17)13-21(14-18-7-4-12-23-18)19(22)16-5-2-1-3-6-16/h1-3,5-6,8-11,18H,4,7,12-14H2/t18-/m0/s1. The smallest absolute Gasteiger partial charge is 0.254 e. The molecule has 1 aliphatic heterocycles. The van der Waals surface area contributed by atoms with Gasteiger partial charge in [-0.3, -0.25) is 4.79 Å². The van der Waals surface area contributed by atoms with E-state index in [1.807, 2.05) is 59.5 Å². The zero-order valence-electron chi connectivity index (χ0n) is 13.0. The van der Waals surface area contributed by atoms with Crippen molar-refractivity contribution in [1.82, 2.24) is 4.90 Å². The minimum atomic E-state index is 0.0380. The summed E-state index contributed by atoms with van der Waals surface area (Å²) in [6.07, 6.45) is 2.22. The number of benzene rings is 2. The topological polar surface area (TPSA) is 29.5 Å². The molecule has 1 atom stereocenters. The van der Waals surface area contributed by atoms with Crippen molar-refractivity contribution < 1.29 is 9.53 Å². The maximum Gasteiger partial charge on any atom is 0.254 e. The van der Waals surface area contributed by atoms with Gasteiger partial charge in [0, 0.05) is 30.3 Å². The molecule has 0 bridgehead atoms. The molecule has 0 N–H and O–H groups in total. The van der Waals surface area contributed by atoms with E-state index in [9.17, 15) is 4.79 Å². The summed E-state index contributed by atoms with van der Waals surface area (Å²) in [5, 5.41) is 0.703. The van der Waals surface area contributed by atoms with Gasteiger partial charge in [-0.25, -0.2) is 0 Å². The maximum absolute atomic E-state index is 12.8. The molecule has 0 unspecified atom stereocenters. The van der Waals surface area contributed by atoms with E-state index in [4.69, 9.17) is 16.3 Å². The lowest BCUT2D eigenvalue weighted by molar-refractivity contribution is 0.0507. The van der Waals surface area contributed by atoms with Crippen LogP contribution in [0.1, 0.15) is 28.8 Å². The Balaban J connectivity index is 1.77. The normalized spacial score (nSPS) is 17.2. The Labute approximate surface area is 141 Å². The van der Waals surface area contributed by atoms with Crippen molar-refractivity contribution in [2.24, 2.45) is 0 Å². The van der Waals surface area contributed by atoms with Crippen LogP contribution in [0.25, 0.3) is 0 Å². The van der Waals surface area contributed by atoms with Gasteiger partial charge >= 0.3 is 0 Å². The summed E-state index contributed by atoms with van der Waals surface area (Å²) < 4.78 is 5.71.